The lowest BCUT2D eigenvalue weighted by molar-refractivity contribution is 0.183. The van der Waals surface area contributed by atoms with Crippen molar-refractivity contribution in [3.05, 3.63) is 10.4 Å². The van der Waals surface area contributed by atoms with Gasteiger partial charge in [0.05, 0.1) is 22.2 Å². The molecule has 1 fully saturated rings. The number of halogens is 1. The maximum atomic E-state index is 12.1. The summed E-state index contributed by atoms with van der Waals surface area (Å²) in [4.78, 5) is 0. The number of aliphatic hydroxyl groups is 1. The fourth-order valence-corrected chi connectivity index (χ4v) is 5.27. The predicted octanol–water partition coefficient (Wildman–Crippen LogP) is 1.77. The minimum atomic E-state index is -3.73. The van der Waals surface area contributed by atoms with Gasteiger partial charge in [-0.15, -0.1) is 15.7 Å². The number of aliphatic hydroxyl groups excluding tert-OH is 1. The van der Waals surface area contributed by atoms with Gasteiger partial charge < -0.3 is 15.7 Å². The highest BCUT2D eigenvalue weighted by Crippen LogP contribution is 2.38. The van der Waals surface area contributed by atoms with Gasteiger partial charge in [0.25, 0.3) is 10.0 Å². The van der Waals surface area contributed by atoms with Gasteiger partial charge >= 0.3 is 0 Å². The summed E-state index contributed by atoms with van der Waals surface area (Å²) >= 11 is 6.83. The second-order valence-corrected chi connectivity index (χ2v) is 8.55. The Kier molecular flexibility index (Phi) is 3.44. The number of hydrogen-bond acceptors (Lipinski definition) is 6. The second kappa shape index (κ2) is 4.87. The van der Waals surface area contributed by atoms with Gasteiger partial charge in [-0.05, 0) is 18.9 Å². The van der Waals surface area contributed by atoms with E-state index >= 15 is 0 Å². The molecule has 0 aromatic carbocycles. The third kappa shape index (κ3) is 2.41. The fourth-order valence-electron chi connectivity index (χ4n) is 2.62. The van der Waals surface area contributed by atoms with Crippen LogP contribution in [0.5, 0.6) is 0 Å². The first-order valence-electron chi connectivity index (χ1n) is 6.25. The first kappa shape index (κ1) is 14.1. The first-order valence-corrected chi connectivity index (χ1v) is 8.88. The molecule has 0 atom stereocenters. The molecule has 1 aliphatic heterocycles. The van der Waals surface area contributed by atoms with Gasteiger partial charge in [0, 0.05) is 0 Å². The normalized spacial score (nSPS) is 22.8. The van der Waals surface area contributed by atoms with Crippen LogP contribution >= 0.6 is 22.9 Å². The molecule has 0 bridgehead atoms. The molecule has 0 amide bonds. The summed E-state index contributed by atoms with van der Waals surface area (Å²) in [7, 11) is -3.73. The molecule has 1 saturated carbocycles. The lowest BCUT2D eigenvalue weighted by Gasteiger charge is -2.30. The number of nitrogens with one attached hydrogen (secondary N) is 2. The van der Waals surface area contributed by atoms with Crippen molar-refractivity contribution in [1.82, 2.24) is 5.32 Å². The van der Waals surface area contributed by atoms with Crippen molar-refractivity contribution in [2.75, 3.05) is 11.9 Å². The van der Waals surface area contributed by atoms with Crippen LogP contribution in [-0.2, 0) is 10.0 Å². The summed E-state index contributed by atoms with van der Waals surface area (Å²) in [5, 5.41) is 15.6. The van der Waals surface area contributed by atoms with E-state index in [0.29, 0.717) is 10.0 Å². The van der Waals surface area contributed by atoms with Crippen LogP contribution in [0.15, 0.2) is 14.7 Å². The zero-order valence-electron chi connectivity index (χ0n) is 10.5. The van der Waals surface area contributed by atoms with E-state index in [9.17, 15) is 13.5 Å². The van der Waals surface area contributed by atoms with E-state index in [0.717, 1.165) is 37.0 Å². The van der Waals surface area contributed by atoms with Crippen LogP contribution in [0.1, 0.15) is 25.7 Å². The summed E-state index contributed by atoms with van der Waals surface area (Å²) in [6.07, 6.45) is 3.59. The number of guanidine groups is 1. The van der Waals surface area contributed by atoms with Crippen LogP contribution in [0, 0.1) is 0 Å². The Balaban J connectivity index is 1.91. The standard InChI is InChI=1S/C11H14ClN3O3S2/c12-8-5-7-9(19-8)20(17,18)15-10(13-7)14-11(6-16)3-1-2-4-11/h5,16H,1-4,6H2,(H2,13,14,15). The Morgan fingerprint density at radius 3 is 2.85 bits per heavy atom. The first-order chi connectivity index (χ1) is 9.44. The van der Waals surface area contributed by atoms with E-state index in [1.54, 1.807) is 6.07 Å². The number of sulfonamides is 1. The number of hydrogen-bond donors (Lipinski definition) is 3. The van der Waals surface area contributed by atoms with Gasteiger partial charge in [0.15, 0.2) is 4.21 Å². The minimum Gasteiger partial charge on any atom is -0.394 e. The van der Waals surface area contributed by atoms with Crippen LogP contribution in [0.4, 0.5) is 5.69 Å². The van der Waals surface area contributed by atoms with Crippen LogP contribution in [0.3, 0.4) is 0 Å². The lowest BCUT2D eigenvalue weighted by Crippen LogP contribution is -2.52. The minimum absolute atomic E-state index is 0.0506. The van der Waals surface area contributed by atoms with E-state index in [-0.39, 0.29) is 16.8 Å². The van der Waals surface area contributed by atoms with Gasteiger partial charge in [0.2, 0.25) is 5.96 Å². The van der Waals surface area contributed by atoms with Crippen molar-refractivity contribution in [2.24, 2.45) is 4.40 Å². The monoisotopic (exact) mass is 335 g/mol. The van der Waals surface area contributed by atoms with Gasteiger partial charge in [-0.3, -0.25) is 0 Å². The molecule has 6 nitrogen and oxygen atoms in total. The zero-order valence-corrected chi connectivity index (χ0v) is 12.9. The van der Waals surface area contributed by atoms with Crippen molar-refractivity contribution >= 4 is 44.6 Å². The third-order valence-corrected chi connectivity index (χ3v) is 6.67. The van der Waals surface area contributed by atoms with Gasteiger partial charge in [-0.1, -0.05) is 24.4 Å². The summed E-state index contributed by atoms with van der Waals surface area (Å²) in [5.41, 5.74) is -0.0536. The Bertz CT molecular complexity index is 662. The Labute approximate surface area is 125 Å². The second-order valence-electron chi connectivity index (χ2n) is 5.06. The summed E-state index contributed by atoms with van der Waals surface area (Å²) < 4.78 is 28.4. The third-order valence-electron chi connectivity index (χ3n) is 3.61. The molecule has 0 spiro atoms. The quantitative estimate of drug-likeness (QED) is 0.766. The van der Waals surface area contributed by atoms with Crippen LogP contribution < -0.4 is 10.6 Å². The Hall–Kier alpha value is -0.830. The molecule has 9 heteroatoms. The van der Waals surface area contributed by atoms with Gasteiger partial charge in [-0.25, -0.2) is 0 Å². The van der Waals surface area contributed by atoms with Crippen LogP contribution in [0.25, 0.3) is 0 Å². The zero-order chi connectivity index (χ0) is 14.4. The molecule has 0 saturated heterocycles. The molecular formula is C11H14ClN3O3S2. The van der Waals surface area contributed by atoms with E-state index in [1.165, 1.54) is 0 Å². The molecule has 0 radical (unpaired) electrons. The molecule has 2 aliphatic rings. The molecule has 1 aliphatic carbocycles. The van der Waals surface area contributed by atoms with E-state index < -0.39 is 15.6 Å². The van der Waals surface area contributed by atoms with Crippen molar-refractivity contribution in [3.63, 3.8) is 0 Å². The predicted molar refractivity (Wildman–Crippen MR) is 79.0 cm³/mol. The van der Waals surface area contributed by atoms with E-state index in [4.69, 9.17) is 11.6 Å². The van der Waals surface area contributed by atoms with Gasteiger partial charge in [-0.2, -0.15) is 8.42 Å². The summed E-state index contributed by atoms with van der Waals surface area (Å²) in [6.45, 7) is -0.0506. The molecule has 2 heterocycles. The summed E-state index contributed by atoms with van der Waals surface area (Å²) in [6, 6.07) is 1.57. The lowest BCUT2D eigenvalue weighted by atomic mass is 9.99. The SMILES string of the molecule is O=S1(=O)N=C(NC2(CO)CCCC2)Nc2cc(Cl)sc21. The van der Waals surface area contributed by atoms with Crippen LogP contribution in [-0.4, -0.2) is 31.6 Å². The highest BCUT2D eigenvalue weighted by atomic mass is 35.5. The molecule has 20 heavy (non-hydrogen) atoms. The molecule has 1 aromatic rings. The van der Waals surface area contributed by atoms with E-state index in [1.807, 2.05) is 0 Å². The summed E-state index contributed by atoms with van der Waals surface area (Å²) in [5.74, 6) is 0.155. The van der Waals surface area contributed by atoms with Crippen molar-refractivity contribution in [2.45, 2.75) is 35.4 Å². The van der Waals surface area contributed by atoms with Crippen LogP contribution in [0.2, 0.25) is 4.34 Å². The van der Waals surface area contributed by atoms with Crippen molar-refractivity contribution in [3.8, 4) is 0 Å². The average Bonchev–Trinajstić information content (AvgIpc) is 2.96. The number of anilines is 1. The fraction of sp³-hybridized carbons (Fsp3) is 0.545. The highest BCUT2D eigenvalue weighted by Gasteiger charge is 2.36. The molecule has 110 valence electrons. The topological polar surface area (TPSA) is 90.8 Å². The smallest absolute Gasteiger partial charge is 0.297 e. The number of fused-ring (bicyclic) bond motifs is 1. The number of thiophene rings is 1. The molecule has 1 aromatic heterocycles. The Morgan fingerprint density at radius 2 is 2.20 bits per heavy atom. The highest BCUT2D eigenvalue weighted by molar-refractivity contribution is 7.92. The average molecular weight is 336 g/mol. The van der Waals surface area contributed by atoms with Crippen molar-refractivity contribution in [1.29, 1.82) is 0 Å². The maximum absolute atomic E-state index is 12.1. The maximum Gasteiger partial charge on any atom is 0.297 e. The Morgan fingerprint density at radius 1 is 1.50 bits per heavy atom. The van der Waals surface area contributed by atoms with Crippen molar-refractivity contribution < 1.29 is 13.5 Å². The van der Waals surface area contributed by atoms with E-state index in [2.05, 4.69) is 15.0 Å². The number of rotatable bonds is 2. The number of nitrogens with zero attached hydrogens (tertiary/aromatic N) is 1. The van der Waals surface area contributed by atoms with Gasteiger partial charge in [0.1, 0.15) is 0 Å². The molecule has 0 unspecified atom stereocenters. The molecular weight excluding hydrogens is 322 g/mol. The molecule has 3 rings (SSSR count). The largest absolute Gasteiger partial charge is 0.394 e. The molecule has 3 N–H and O–H groups in total.